The van der Waals surface area contributed by atoms with Gasteiger partial charge in [0.05, 0.1) is 6.54 Å². The van der Waals surface area contributed by atoms with Gasteiger partial charge in [-0.1, -0.05) is 18.2 Å². The van der Waals surface area contributed by atoms with Crippen LogP contribution in [0.3, 0.4) is 0 Å². The Kier molecular flexibility index (Phi) is 3.82. The molecule has 1 rings (SSSR count). The highest BCUT2D eigenvalue weighted by molar-refractivity contribution is 5.42. The number of para-hydroxylation sites is 1. The minimum absolute atomic E-state index is 0.860. The molecule has 3 nitrogen and oxygen atoms in total. The molecule has 1 aromatic carbocycles. The van der Waals surface area contributed by atoms with Crippen LogP contribution in [0.4, 0.5) is 5.69 Å². The normalized spacial score (nSPS) is 9.31. The highest BCUT2D eigenvalue weighted by Gasteiger charge is 1.91. The monoisotopic (exact) mass is 177 g/mol. The van der Waals surface area contributed by atoms with Crippen LogP contribution in [0, 0.1) is 0 Å². The van der Waals surface area contributed by atoms with Gasteiger partial charge in [0.15, 0.2) is 0 Å². The summed E-state index contributed by atoms with van der Waals surface area (Å²) in [7, 11) is 1.90. The molecular weight excluding hydrogens is 162 g/mol. The quantitative estimate of drug-likeness (QED) is 0.547. The van der Waals surface area contributed by atoms with E-state index in [1.165, 1.54) is 0 Å². The molecule has 0 spiro atoms. The fourth-order valence-electron chi connectivity index (χ4n) is 0.989. The molecule has 1 aromatic rings. The molecule has 0 aliphatic heterocycles. The van der Waals surface area contributed by atoms with E-state index < -0.39 is 0 Å². The second-order valence-electron chi connectivity index (χ2n) is 2.82. The Labute approximate surface area is 79.1 Å². The Hall–Kier alpha value is -1.51. The van der Waals surface area contributed by atoms with Gasteiger partial charge in [-0.25, -0.2) is 0 Å². The van der Waals surface area contributed by atoms with Crippen molar-refractivity contribution in [2.24, 2.45) is 5.10 Å². The fourth-order valence-corrected chi connectivity index (χ4v) is 0.989. The zero-order valence-electron chi connectivity index (χ0n) is 7.90. The van der Waals surface area contributed by atoms with Crippen molar-refractivity contribution >= 4 is 12.4 Å². The zero-order valence-corrected chi connectivity index (χ0v) is 7.90. The third kappa shape index (κ3) is 3.60. The summed E-state index contributed by atoms with van der Waals surface area (Å²) in [6.07, 6.45) is 0. The summed E-state index contributed by atoms with van der Waals surface area (Å²) in [5.74, 6) is 0. The van der Waals surface area contributed by atoms with E-state index in [0.29, 0.717) is 0 Å². The predicted octanol–water partition coefficient (Wildman–Crippen LogP) is 1.65. The standard InChI is InChI=1S/C10H15N3/c1-11-13(2)9-8-12-10-6-4-3-5-7-10/h3-7,12H,1,8-9H2,2H3. The first-order chi connectivity index (χ1) is 6.33. The lowest BCUT2D eigenvalue weighted by Gasteiger charge is -2.12. The summed E-state index contributed by atoms with van der Waals surface area (Å²) >= 11 is 0. The van der Waals surface area contributed by atoms with Crippen molar-refractivity contribution in [3.63, 3.8) is 0 Å². The minimum Gasteiger partial charge on any atom is -0.383 e. The van der Waals surface area contributed by atoms with Gasteiger partial charge < -0.3 is 5.32 Å². The maximum Gasteiger partial charge on any atom is 0.0529 e. The molecule has 0 unspecified atom stereocenters. The van der Waals surface area contributed by atoms with Gasteiger partial charge in [0.1, 0.15) is 0 Å². The molecule has 0 atom stereocenters. The van der Waals surface area contributed by atoms with Crippen LogP contribution in [-0.4, -0.2) is 31.9 Å². The van der Waals surface area contributed by atoms with Crippen LogP contribution in [0.1, 0.15) is 0 Å². The van der Waals surface area contributed by atoms with Gasteiger partial charge in [-0.3, -0.25) is 5.01 Å². The molecule has 0 aromatic heterocycles. The van der Waals surface area contributed by atoms with E-state index in [4.69, 9.17) is 0 Å². The van der Waals surface area contributed by atoms with Gasteiger partial charge >= 0.3 is 0 Å². The van der Waals surface area contributed by atoms with E-state index in [0.717, 1.165) is 18.8 Å². The van der Waals surface area contributed by atoms with Crippen LogP contribution in [0.25, 0.3) is 0 Å². The van der Waals surface area contributed by atoms with E-state index >= 15 is 0 Å². The van der Waals surface area contributed by atoms with E-state index in [-0.39, 0.29) is 0 Å². The smallest absolute Gasteiger partial charge is 0.0529 e. The summed E-state index contributed by atoms with van der Waals surface area (Å²) in [4.78, 5) is 0. The number of hydrogen-bond acceptors (Lipinski definition) is 3. The third-order valence-electron chi connectivity index (χ3n) is 1.78. The van der Waals surface area contributed by atoms with Crippen LogP contribution < -0.4 is 5.32 Å². The number of hydrazone groups is 1. The van der Waals surface area contributed by atoms with Crippen molar-refractivity contribution in [1.82, 2.24) is 5.01 Å². The van der Waals surface area contributed by atoms with Gasteiger partial charge in [0, 0.05) is 26.0 Å². The second-order valence-corrected chi connectivity index (χ2v) is 2.82. The summed E-state index contributed by atoms with van der Waals surface area (Å²) in [6, 6.07) is 10.1. The molecule has 0 amide bonds. The number of benzene rings is 1. The van der Waals surface area contributed by atoms with Crippen molar-refractivity contribution < 1.29 is 0 Å². The van der Waals surface area contributed by atoms with Gasteiger partial charge in [-0.05, 0) is 12.1 Å². The molecule has 0 heterocycles. The van der Waals surface area contributed by atoms with Crippen LogP contribution in [0.15, 0.2) is 35.4 Å². The number of nitrogens with zero attached hydrogens (tertiary/aromatic N) is 2. The van der Waals surface area contributed by atoms with Crippen LogP contribution in [0.5, 0.6) is 0 Å². The molecule has 0 fully saturated rings. The lowest BCUT2D eigenvalue weighted by atomic mass is 10.3. The topological polar surface area (TPSA) is 27.6 Å². The molecule has 3 heteroatoms. The van der Waals surface area contributed by atoms with Crippen LogP contribution in [-0.2, 0) is 0 Å². The molecular formula is C10H15N3. The highest BCUT2D eigenvalue weighted by atomic mass is 15.4. The van der Waals surface area contributed by atoms with E-state index in [1.807, 2.05) is 37.4 Å². The molecule has 0 aliphatic carbocycles. The van der Waals surface area contributed by atoms with Gasteiger partial charge in [0.2, 0.25) is 0 Å². The number of rotatable bonds is 5. The number of nitrogens with one attached hydrogen (secondary N) is 1. The van der Waals surface area contributed by atoms with E-state index in [2.05, 4.69) is 17.1 Å². The minimum atomic E-state index is 0.860. The summed E-state index contributed by atoms with van der Waals surface area (Å²) in [5, 5.41) is 8.84. The Morgan fingerprint density at radius 2 is 2.08 bits per heavy atom. The summed E-state index contributed by atoms with van der Waals surface area (Å²) < 4.78 is 0. The first-order valence-corrected chi connectivity index (χ1v) is 4.29. The predicted molar refractivity (Wildman–Crippen MR) is 57.1 cm³/mol. The Bertz CT molecular complexity index is 246. The van der Waals surface area contributed by atoms with E-state index in [9.17, 15) is 0 Å². The molecule has 0 saturated heterocycles. The average Bonchev–Trinajstić information content (AvgIpc) is 2.19. The molecule has 70 valence electrons. The number of hydrogen-bond donors (Lipinski definition) is 1. The SMILES string of the molecule is C=NN(C)CCNc1ccccc1. The van der Waals surface area contributed by atoms with Gasteiger partial charge in [-0.2, -0.15) is 5.10 Å². The molecule has 0 radical (unpaired) electrons. The largest absolute Gasteiger partial charge is 0.383 e. The third-order valence-corrected chi connectivity index (χ3v) is 1.78. The highest BCUT2D eigenvalue weighted by Crippen LogP contribution is 2.03. The molecule has 0 saturated carbocycles. The first-order valence-electron chi connectivity index (χ1n) is 4.29. The molecule has 13 heavy (non-hydrogen) atoms. The van der Waals surface area contributed by atoms with Crippen molar-refractivity contribution in [1.29, 1.82) is 0 Å². The fraction of sp³-hybridized carbons (Fsp3) is 0.300. The maximum absolute atomic E-state index is 3.76. The lowest BCUT2D eigenvalue weighted by Crippen LogP contribution is -2.19. The van der Waals surface area contributed by atoms with Crippen molar-refractivity contribution in [3.05, 3.63) is 30.3 Å². The van der Waals surface area contributed by atoms with Crippen LogP contribution >= 0.6 is 0 Å². The van der Waals surface area contributed by atoms with Crippen molar-refractivity contribution in [2.45, 2.75) is 0 Å². The number of anilines is 1. The zero-order chi connectivity index (χ0) is 9.52. The van der Waals surface area contributed by atoms with Crippen molar-refractivity contribution in [2.75, 3.05) is 25.5 Å². The van der Waals surface area contributed by atoms with E-state index in [1.54, 1.807) is 5.01 Å². The maximum atomic E-state index is 3.76. The Morgan fingerprint density at radius 1 is 1.38 bits per heavy atom. The lowest BCUT2D eigenvalue weighted by molar-refractivity contribution is 0.372. The molecule has 0 aliphatic rings. The Balaban J connectivity index is 2.24. The van der Waals surface area contributed by atoms with Crippen molar-refractivity contribution in [3.8, 4) is 0 Å². The summed E-state index contributed by atoms with van der Waals surface area (Å²) in [6.45, 7) is 5.17. The van der Waals surface area contributed by atoms with Crippen LogP contribution in [0.2, 0.25) is 0 Å². The Morgan fingerprint density at radius 3 is 2.69 bits per heavy atom. The van der Waals surface area contributed by atoms with Gasteiger partial charge in [-0.15, -0.1) is 0 Å². The average molecular weight is 177 g/mol. The second kappa shape index (κ2) is 5.19. The summed E-state index contributed by atoms with van der Waals surface area (Å²) in [5.41, 5.74) is 1.14. The first kappa shape index (κ1) is 9.58. The molecule has 0 bridgehead atoms. The molecule has 1 N–H and O–H groups in total. The number of likely N-dealkylation sites (N-methyl/N-ethyl adjacent to an activating group) is 1. The van der Waals surface area contributed by atoms with Gasteiger partial charge in [0.25, 0.3) is 0 Å².